The highest BCUT2D eigenvalue weighted by molar-refractivity contribution is 7.90. The van der Waals surface area contributed by atoms with E-state index in [-0.39, 0.29) is 10.8 Å². The van der Waals surface area contributed by atoms with Gasteiger partial charge in [0.05, 0.1) is 12.6 Å². The monoisotopic (exact) mass is 287 g/mol. The van der Waals surface area contributed by atoms with E-state index in [1.807, 2.05) is 39.0 Å². The molecule has 0 aromatic heterocycles. The molecule has 0 saturated carbocycles. The van der Waals surface area contributed by atoms with Crippen LogP contribution >= 0.6 is 11.6 Å². The first-order chi connectivity index (χ1) is 8.38. The van der Waals surface area contributed by atoms with Crippen LogP contribution in [0.3, 0.4) is 0 Å². The zero-order chi connectivity index (χ0) is 13.3. The number of nitrogens with one attached hydrogen (secondary N) is 1. The SMILES string of the molecule is CC(C)(C)[S@@+]([O-])N[C@@H]1CCOc2cc(Cl)ccc21. The number of fused-ring (bicyclic) bond motifs is 1. The van der Waals surface area contributed by atoms with Gasteiger partial charge in [-0.05, 0) is 32.9 Å². The summed E-state index contributed by atoms with van der Waals surface area (Å²) in [5.41, 5.74) is 1.03. The Morgan fingerprint density at radius 3 is 2.83 bits per heavy atom. The van der Waals surface area contributed by atoms with Gasteiger partial charge in [0.15, 0.2) is 0 Å². The third kappa shape index (κ3) is 3.12. The van der Waals surface area contributed by atoms with Crippen LogP contribution in [0.25, 0.3) is 0 Å². The number of benzene rings is 1. The van der Waals surface area contributed by atoms with Crippen LogP contribution in [0.15, 0.2) is 18.2 Å². The lowest BCUT2D eigenvalue weighted by atomic mass is 10.0. The molecule has 2 rings (SSSR count). The second-order valence-electron chi connectivity index (χ2n) is 5.37. The van der Waals surface area contributed by atoms with Crippen molar-refractivity contribution in [3.05, 3.63) is 28.8 Å². The molecule has 1 N–H and O–H groups in total. The minimum absolute atomic E-state index is 0.0612. The minimum atomic E-state index is -1.09. The van der Waals surface area contributed by atoms with Crippen molar-refractivity contribution in [2.24, 2.45) is 0 Å². The smallest absolute Gasteiger partial charge is 0.136 e. The van der Waals surface area contributed by atoms with Crippen LogP contribution in [0.4, 0.5) is 0 Å². The highest BCUT2D eigenvalue weighted by Crippen LogP contribution is 2.35. The van der Waals surface area contributed by atoms with Gasteiger partial charge >= 0.3 is 0 Å². The molecular formula is C13H18ClNO2S. The molecule has 0 fully saturated rings. The normalized spacial score (nSPS) is 21.1. The maximum atomic E-state index is 12.1. The standard InChI is InChI=1S/C13H18ClNO2S/c1-13(2,3)18(16)15-11-6-7-17-12-8-9(14)4-5-10(11)12/h4-5,8,11,15H,6-7H2,1-3H3/t11-,18-/m1/s1. The maximum Gasteiger partial charge on any atom is 0.136 e. The summed E-state index contributed by atoms with van der Waals surface area (Å²) in [4.78, 5) is 0. The van der Waals surface area contributed by atoms with Crippen molar-refractivity contribution >= 4 is 23.0 Å². The van der Waals surface area contributed by atoms with E-state index in [9.17, 15) is 4.55 Å². The van der Waals surface area contributed by atoms with E-state index in [0.29, 0.717) is 11.6 Å². The Morgan fingerprint density at radius 1 is 1.44 bits per heavy atom. The number of ether oxygens (including phenoxy) is 1. The largest absolute Gasteiger partial charge is 0.598 e. The van der Waals surface area contributed by atoms with Crippen molar-refractivity contribution in [1.29, 1.82) is 0 Å². The summed E-state index contributed by atoms with van der Waals surface area (Å²) in [6.07, 6.45) is 0.816. The van der Waals surface area contributed by atoms with Gasteiger partial charge in [0.1, 0.15) is 10.5 Å². The summed E-state index contributed by atoms with van der Waals surface area (Å²) in [6.45, 7) is 6.49. The zero-order valence-corrected chi connectivity index (χ0v) is 12.4. The molecule has 0 spiro atoms. The van der Waals surface area contributed by atoms with Crippen molar-refractivity contribution in [2.45, 2.75) is 38.0 Å². The fraction of sp³-hybridized carbons (Fsp3) is 0.538. The molecule has 2 atom stereocenters. The first kappa shape index (κ1) is 14.0. The summed E-state index contributed by atoms with van der Waals surface area (Å²) in [5.74, 6) is 0.789. The molecule has 1 heterocycles. The molecule has 18 heavy (non-hydrogen) atoms. The van der Waals surface area contributed by atoms with Gasteiger partial charge in [0.2, 0.25) is 0 Å². The van der Waals surface area contributed by atoms with E-state index < -0.39 is 11.4 Å². The lowest BCUT2D eigenvalue weighted by molar-refractivity contribution is 0.262. The summed E-state index contributed by atoms with van der Waals surface area (Å²) in [7, 11) is 0. The second kappa shape index (κ2) is 5.29. The average Bonchev–Trinajstić information content (AvgIpc) is 2.27. The lowest BCUT2D eigenvalue weighted by Crippen LogP contribution is -2.42. The molecule has 0 aliphatic carbocycles. The maximum absolute atomic E-state index is 12.1. The van der Waals surface area contributed by atoms with Crippen LogP contribution < -0.4 is 9.46 Å². The molecule has 0 radical (unpaired) electrons. The van der Waals surface area contributed by atoms with Crippen LogP contribution in [-0.2, 0) is 11.4 Å². The molecular weight excluding hydrogens is 270 g/mol. The summed E-state index contributed by atoms with van der Waals surface area (Å²) >= 11 is 4.86. The third-order valence-electron chi connectivity index (χ3n) is 2.82. The predicted octanol–water partition coefficient (Wildman–Crippen LogP) is 3.22. The fourth-order valence-corrected chi connectivity index (χ4v) is 2.81. The molecule has 3 nitrogen and oxygen atoms in total. The van der Waals surface area contributed by atoms with E-state index in [2.05, 4.69) is 4.72 Å². The number of rotatable bonds is 2. The van der Waals surface area contributed by atoms with Crippen molar-refractivity contribution in [1.82, 2.24) is 4.72 Å². The van der Waals surface area contributed by atoms with Crippen molar-refractivity contribution < 1.29 is 9.29 Å². The van der Waals surface area contributed by atoms with Crippen molar-refractivity contribution in [2.75, 3.05) is 6.61 Å². The Bertz CT molecular complexity index is 433. The van der Waals surface area contributed by atoms with Gasteiger partial charge < -0.3 is 9.29 Å². The van der Waals surface area contributed by atoms with Crippen LogP contribution in [0.5, 0.6) is 5.75 Å². The first-order valence-electron chi connectivity index (χ1n) is 5.98. The van der Waals surface area contributed by atoms with Crippen molar-refractivity contribution in [3.63, 3.8) is 0 Å². The third-order valence-corrected chi connectivity index (χ3v) is 4.67. The Balaban J connectivity index is 2.18. The van der Waals surface area contributed by atoms with Gasteiger partial charge in [-0.2, -0.15) is 0 Å². The number of hydrogen-bond acceptors (Lipinski definition) is 3. The average molecular weight is 288 g/mol. The Kier molecular flexibility index (Phi) is 4.11. The van der Waals surface area contributed by atoms with E-state index in [0.717, 1.165) is 17.7 Å². The Labute approximate surface area is 116 Å². The fourth-order valence-electron chi connectivity index (χ4n) is 1.79. The van der Waals surface area contributed by atoms with Gasteiger partial charge in [-0.3, -0.25) is 0 Å². The highest BCUT2D eigenvalue weighted by atomic mass is 35.5. The van der Waals surface area contributed by atoms with Crippen LogP contribution in [-0.4, -0.2) is 15.9 Å². The summed E-state index contributed by atoms with van der Waals surface area (Å²) < 4.78 is 20.6. The van der Waals surface area contributed by atoms with Crippen LogP contribution in [0.1, 0.15) is 38.8 Å². The van der Waals surface area contributed by atoms with Gasteiger partial charge in [0, 0.05) is 28.4 Å². The topological polar surface area (TPSA) is 44.3 Å². The highest BCUT2D eigenvalue weighted by Gasteiger charge is 2.32. The van der Waals surface area contributed by atoms with Gasteiger partial charge in [0.25, 0.3) is 0 Å². The van der Waals surface area contributed by atoms with Gasteiger partial charge in [-0.15, -0.1) is 4.72 Å². The quantitative estimate of drug-likeness (QED) is 0.850. The van der Waals surface area contributed by atoms with E-state index in [1.54, 1.807) is 0 Å². The lowest BCUT2D eigenvalue weighted by Gasteiger charge is -2.31. The molecule has 1 aromatic rings. The minimum Gasteiger partial charge on any atom is -0.598 e. The molecule has 0 unspecified atom stereocenters. The van der Waals surface area contributed by atoms with Gasteiger partial charge in [-0.1, -0.05) is 17.7 Å². The Morgan fingerprint density at radius 2 is 2.17 bits per heavy atom. The van der Waals surface area contributed by atoms with Crippen LogP contribution in [0, 0.1) is 0 Å². The number of halogens is 1. The molecule has 1 aromatic carbocycles. The molecule has 0 bridgehead atoms. The van der Waals surface area contributed by atoms with E-state index >= 15 is 0 Å². The number of hydrogen-bond donors (Lipinski definition) is 1. The van der Waals surface area contributed by atoms with Crippen molar-refractivity contribution in [3.8, 4) is 5.75 Å². The second-order valence-corrected chi connectivity index (χ2v) is 7.81. The summed E-state index contributed by atoms with van der Waals surface area (Å²) in [5, 5.41) is 0.659. The van der Waals surface area contributed by atoms with Gasteiger partial charge in [-0.25, -0.2) is 0 Å². The predicted molar refractivity (Wildman–Crippen MR) is 75.3 cm³/mol. The van der Waals surface area contributed by atoms with E-state index in [4.69, 9.17) is 16.3 Å². The van der Waals surface area contributed by atoms with Crippen LogP contribution in [0.2, 0.25) is 5.02 Å². The molecule has 0 amide bonds. The molecule has 5 heteroatoms. The first-order valence-corrected chi connectivity index (χ1v) is 7.51. The molecule has 1 aliphatic rings. The Hall–Kier alpha value is -0.420. The summed E-state index contributed by atoms with van der Waals surface area (Å²) in [6, 6.07) is 5.65. The van der Waals surface area contributed by atoms with E-state index in [1.165, 1.54) is 0 Å². The molecule has 100 valence electrons. The molecule has 0 saturated heterocycles. The zero-order valence-electron chi connectivity index (χ0n) is 10.8. The molecule has 1 aliphatic heterocycles.